The first kappa shape index (κ1) is 15.6. The molecule has 4 rings (SSSR count). The van der Waals surface area contributed by atoms with E-state index in [0.29, 0.717) is 24.9 Å². The number of imidazole rings is 1. The Bertz CT molecular complexity index is 982. The SMILES string of the molecule is Cc1ccc2c(c1)nc1n2CC(NC(=O)O)(c2cccc(F)c2)CC1. The molecule has 0 saturated carbocycles. The van der Waals surface area contributed by atoms with Crippen LogP contribution in [0.25, 0.3) is 11.0 Å². The van der Waals surface area contributed by atoms with E-state index in [4.69, 9.17) is 0 Å². The van der Waals surface area contributed by atoms with Crippen LogP contribution in [0.4, 0.5) is 9.18 Å². The second-order valence-corrected chi connectivity index (χ2v) is 6.63. The molecule has 6 heteroatoms. The molecule has 1 unspecified atom stereocenters. The van der Waals surface area contributed by atoms with Crippen molar-refractivity contribution in [1.82, 2.24) is 14.9 Å². The normalized spacial score (nSPS) is 19.6. The fourth-order valence-electron chi connectivity index (χ4n) is 3.73. The molecule has 25 heavy (non-hydrogen) atoms. The van der Waals surface area contributed by atoms with Crippen molar-refractivity contribution in [2.75, 3.05) is 0 Å². The third-order valence-electron chi connectivity index (χ3n) is 4.91. The number of amides is 1. The van der Waals surface area contributed by atoms with E-state index in [0.717, 1.165) is 22.4 Å². The minimum Gasteiger partial charge on any atom is -0.465 e. The van der Waals surface area contributed by atoms with Gasteiger partial charge in [0.25, 0.3) is 0 Å². The van der Waals surface area contributed by atoms with E-state index in [9.17, 15) is 14.3 Å². The highest BCUT2D eigenvalue weighted by Crippen LogP contribution is 2.35. The molecule has 2 N–H and O–H groups in total. The van der Waals surface area contributed by atoms with Gasteiger partial charge in [-0.2, -0.15) is 0 Å². The first-order valence-corrected chi connectivity index (χ1v) is 8.20. The maximum absolute atomic E-state index is 13.8. The average Bonchev–Trinajstić information content (AvgIpc) is 2.90. The Hall–Kier alpha value is -2.89. The fourth-order valence-corrected chi connectivity index (χ4v) is 3.73. The number of nitrogens with zero attached hydrogens (tertiary/aromatic N) is 2. The van der Waals surface area contributed by atoms with Crippen molar-refractivity contribution < 1.29 is 14.3 Å². The summed E-state index contributed by atoms with van der Waals surface area (Å²) < 4.78 is 15.8. The van der Waals surface area contributed by atoms with E-state index >= 15 is 0 Å². The van der Waals surface area contributed by atoms with Gasteiger partial charge in [0, 0.05) is 6.42 Å². The standard InChI is InChI=1S/C19H18FN3O2/c1-12-5-6-16-15(9-12)21-17-7-8-19(11-23(16)17,22-18(24)25)13-3-2-4-14(20)10-13/h2-6,9-10,22H,7-8,11H2,1H3,(H,24,25). The Labute approximate surface area is 144 Å². The minimum absolute atomic E-state index is 0.374. The summed E-state index contributed by atoms with van der Waals surface area (Å²) in [5, 5.41) is 12.0. The molecular weight excluding hydrogens is 321 g/mol. The van der Waals surface area contributed by atoms with Gasteiger partial charge >= 0.3 is 6.09 Å². The molecule has 0 saturated heterocycles. The van der Waals surface area contributed by atoms with Gasteiger partial charge in [0.15, 0.2) is 0 Å². The lowest BCUT2D eigenvalue weighted by atomic mass is 9.83. The van der Waals surface area contributed by atoms with Crippen molar-refractivity contribution in [2.24, 2.45) is 0 Å². The summed E-state index contributed by atoms with van der Waals surface area (Å²) in [6.45, 7) is 2.40. The third kappa shape index (κ3) is 2.63. The van der Waals surface area contributed by atoms with Crippen LogP contribution in [0, 0.1) is 12.7 Å². The molecule has 3 aromatic rings. The van der Waals surface area contributed by atoms with Gasteiger partial charge in [-0.1, -0.05) is 18.2 Å². The number of benzene rings is 2. The predicted molar refractivity (Wildman–Crippen MR) is 92.0 cm³/mol. The van der Waals surface area contributed by atoms with Gasteiger partial charge in [-0.3, -0.25) is 0 Å². The van der Waals surface area contributed by atoms with Crippen molar-refractivity contribution >= 4 is 17.1 Å². The topological polar surface area (TPSA) is 67.2 Å². The van der Waals surface area contributed by atoms with E-state index in [2.05, 4.69) is 10.3 Å². The van der Waals surface area contributed by atoms with Crippen molar-refractivity contribution in [3.63, 3.8) is 0 Å². The maximum atomic E-state index is 13.8. The molecule has 128 valence electrons. The minimum atomic E-state index is -1.12. The number of rotatable bonds is 2. The lowest BCUT2D eigenvalue weighted by Crippen LogP contribution is -2.51. The Kier molecular flexibility index (Phi) is 3.49. The van der Waals surface area contributed by atoms with Crippen molar-refractivity contribution in [1.29, 1.82) is 0 Å². The van der Waals surface area contributed by atoms with E-state index < -0.39 is 11.6 Å². The molecule has 1 aliphatic heterocycles. The number of nitrogens with one attached hydrogen (secondary N) is 1. The highest BCUT2D eigenvalue weighted by Gasteiger charge is 2.39. The summed E-state index contributed by atoms with van der Waals surface area (Å²) in [7, 11) is 0. The van der Waals surface area contributed by atoms with Gasteiger partial charge in [-0.05, 0) is 48.7 Å². The molecule has 0 spiro atoms. The largest absolute Gasteiger partial charge is 0.465 e. The second kappa shape index (κ2) is 5.58. The molecule has 1 atom stereocenters. The first-order chi connectivity index (χ1) is 12.0. The van der Waals surface area contributed by atoms with E-state index in [1.165, 1.54) is 12.1 Å². The van der Waals surface area contributed by atoms with Crippen LogP contribution in [0.1, 0.15) is 23.4 Å². The number of fused-ring (bicyclic) bond motifs is 3. The van der Waals surface area contributed by atoms with Gasteiger partial charge < -0.3 is 15.0 Å². The Balaban J connectivity index is 1.85. The van der Waals surface area contributed by atoms with Crippen LogP contribution in [0.15, 0.2) is 42.5 Å². The molecule has 1 aromatic heterocycles. The molecular formula is C19H18FN3O2. The lowest BCUT2D eigenvalue weighted by molar-refractivity contribution is 0.162. The van der Waals surface area contributed by atoms with Crippen LogP contribution in [0.5, 0.6) is 0 Å². The first-order valence-electron chi connectivity index (χ1n) is 8.20. The molecule has 2 aromatic carbocycles. The van der Waals surface area contributed by atoms with Gasteiger partial charge in [0.05, 0.1) is 23.1 Å². The average molecular weight is 339 g/mol. The van der Waals surface area contributed by atoms with Crippen molar-refractivity contribution in [3.05, 3.63) is 65.2 Å². The number of hydrogen-bond acceptors (Lipinski definition) is 2. The summed E-state index contributed by atoms with van der Waals surface area (Å²) in [5.41, 5.74) is 2.76. The molecule has 0 aliphatic carbocycles. The predicted octanol–water partition coefficient (Wildman–Crippen LogP) is 3.59. The summed E-state index contributed by atoms with van der Waals surface area (Å²) in [4.78, 5) is 16.1. The zero-order chi connectivity index (χ0) is 17.6. The van der Waals surface area contributed by atoms with Gasteiger partial charge in [-0.15, -0.1) is 0 Å². The third-order valence-corrected chi connectivity index (χ3v) is 4.91. The Morgan fingerprint density at radius 3 is 2.92 bits per heavy atom. The number of aromatic nitrogens is 2. The molecule has 0 fully saturated rings. The van der Waals surface area contributed by atoms with Gasteiger partial charge in [-0.25, -0.2) is 14.2 Å². The monoisotopic (exact) mass is 339 g/mol. The summed E-state index contributed by atoms with van der Waals surface area (Å²) in [6.07, 6.45) is 0.0308. The van der Waals surface area contributed by atoms with Gasteiger partial charge in [0.1, 0.15) is 11.6 Å². The van der Waals surface area contributed by atoms with Crippen LogP contribution in [0.3, 0.4) is 0 Å². The maximum Gasteiger partial charge on any atom is 0.405 e. The molecule has 1 amide bonds. The van der Waals surface area contributed by atoms with Crippen LogP contribution in [-0.2, 0) is 18.5 Å². The number of aryl methyl sites for hydroxylation is 2. The lowest BCUT2D eigenvalue weighted by Gasteiger charge is -2.38. The molecule has 2 heterocycles. The number of hydrogen-bond donors (Lipinski definition) is 2. The van der Waals surface area contributed by atoms with Crippen LogP contribution < -0.4 is 5.32 Å². The van der Waals surface area contributed by atoms with E-state index in [-0.39, 0.29) is 5.82 Å². The van der Waals surface area contributed by atoms with Crippen LogP contribution >= 0.6 is 0 Å². The Morgan fingerprint density at radius 2 is 2.16 bits per heavy atom. The highest BCUT2D eigenvalue weighted by molar-refractivity contribution is 5.77. The fraction of sp³-hybridized carbons (Fsp3) is 0.263. The zero-order valence-corrected chi connectivity index (χ0v) is 13.8. The smallest absolute Gasteiger partial charge is 0.405 e. The summed E-state index contributed by atoms with van der Waals surface area (Å²) >= 11 is 0. The number of halogens is 1. The number of carboxylic acid groups (broad SMARTS) is 1. The molecule has 0 radical (unpaired) electrons. The molecule has 1 aliphatic rings. The van der Waals surface area contributed by atoms with Crippen LogP contribution in [0.2, 0.25) is 0 Å². The van der Waals surface area contributed by atoms with E-state index in [1.54, 1.807) is 12.1 Å². The summed E-state index contributed by atoms with van der Waals surface area (Å²) in [5.74, 6) is 0.556. The van der Waals surface area contributed by atoms with Crippen molar-refractivity contribution in [3.8, 4) is 0 Å². The molecule has 5 nitrogen and oxygen atoms in total. The Morgan fingerprint density at radius 1 is 1.32 bits per heavy atom. The van der Waals surface area contributed by atoms with Crippen LogP contribution in [-0.4, -0.2) is 20.8 Å². The zero-order valence-electron chi connectivity index (χ0n) is 13.8. The van der Waals surface area contributed by atoms with Crippen molar-refractivity contribution in [2.45, 2.75) is 31.8 Å². The molecule has 0 bridgehead atoms. The summed E-state index contributed by atoms with van der Waals surface area (Å²) in [6, 6.07) is 12.2. The van der Waals surface area contributed by atoms with Gasteiger partial charge in [0.2, 0.25) is 0 Å². The number of carbonyl (C=O) groups is 1. The van der Waals surface area contributed by atoms with E-state index in [1.807, 2.05) is 29.7 Å². The quantitative estimate of drug-likeness (QED) is 0.750. The second-order valence-electron chi connectivity index (χ2n) is 6.63. The highest BCUT2D eigenvalue weighted by atomic mass is 19.1.